The van der Waals surface area contributed by atoms with Crippen LogP contribution in [0, 0.1) is 23.2 Å². The van der Waals surface area contributed by atoms with Crippen molar-refractivity contribution in [3.63, 3.8) is 0 Å². The van der Waals surface area contributed by atoms with Crippen LogP contribution in [0.25, 0.3) is 0 Å². The van der Waals surface area contributed by atoms with Crippen LogP contribution in [-0.2, 0) is 15.9 Å². The van der Waals surface area contributed by atoms with Crippen molar-refractivity contribution < 1.29 is 19.0 Å². The van der Waals surface area contributed by atoms with E-state index in [1.807, 2.05) is 27.8 Å². The number of benzene rings is 1. The van der Waals surface area contributed by atoms with Crippen LogP contribution in [0.4, 0.5) is 4.79 Å². The van der Waals surface area contributed by atoms with Gasteiger partial charge in [0.15, 0.2) is 0 Å². The molecule has 5 heteroatoms. The lowest BCUT2D eigenvalue weighted by Gasteiger charge is -2.54. The van der Waals surface area contributed by atoms with Crippen molar-refractivity contribution >= 4 is 6.09 Å². The topological polar surface area (TPSA) is 48.0 Å². The highest BCUT2D eigenvalue weighted by Crippen LogP contribution is 2.63. The number of carbonyl (C=O) groups is 1. The highest BCUT2D eigenvalue weighted by molar-refractivity contribution is 5.67. The van der Waals surface area contributed by atoms with Crippen LogP contribution in [0.15, 0.2) is 18.2 Å². The van der Waals surface area contributed by atoms with Crippen LogP contribution in [-0.4, -0.2) is 47.5 Å². The Morgan fingerprint density at radius 2 is 1.44 bits per heavy atom. The molecule has 2 saturated carbocycles. The molecule has 1 aromatic carbocycles. The molecule has 0 aliphatic heterocycles. The van der Waals surface area contributed by atoms with Gasteiger partial charge in [-0.15, -0.1) is 0 Å². The first kappa shape index (κ1) is 39.0. The fourth-order valence-corrected chi connectivity index (χ4v) is 9.46. The molecule has 274 valence electrons. The quantitative estimate of drug-likeness (QED) is 0.185. The van der Waals surface area contributed by atoms with Gasteiger partial charge in [0.1, 0.15) is 17.0 Å². The minimum Gasteiger partial charge on any atom is -0.488 e. The first-order valence-corrected chi connectivity index (χ1v) is 19.8. The first-order chi connectivity index (χ1) is 22.4. The third-order valence-corrected chi connectivity index (χ3v) is 11.5. The van der Waals surface area contributed by atoms with Crippen LogP contribution >= 0.6 is 0 Å². The number of hydrogen-bond donors (Lipinski definition) is 0. The summed E-state index contributed by atoms with van der Waals surface area (Å²) in [4.78, 5) is 13.9. The van der Waals surface area contributed by atoms with E-state index in [9.17, 15) is 4.79 Å². The van der Waals surface area contributed by atoms with Crippen molar-refractivity contribution in [1.82, 2.24) is 4.90 Å². The zero-order valence-corrected chi connectivity index (χ0v) is 33.0. The van der Waals surface area contributed by atoms with E-state index < -0.39 is 5.60 Å². The molecular weight excluding hydrogens is 594 g/mol. The molecule has 6 atom stereocenters. The third-order valence-electron chi connectivity index (χ3n) is 11.5. The molecule has 3 aliphatic rings. The summed E-state index contributed by atoms with van der Waals surface area (Å²) in [5.74, 6) is 4.00. The molecule has 0 bridgehead atoms. The number of nitrogens with zero attached hydrogens (tertiary/aromatic N) is 1. The molecule has 5 nitrogen and oxygen atoms in total. The third kappa shape index (κ3) is 10.9. The van der Waals surface area contributed by atoms with E-state index in [2.05, 4.69) is 66.7 Å². The van der Waals surface area contributed by atoms with Gasteiger partial charge >= 0.3 is 6.09 Å². The zero-order valence-electron chi connectivity index (χ0n) is 33.0. The van der Waals surface area contributed by atoms with Crippen molar-refractivity contribution in [3.8, 4) is 5.75 Å². The average molecular weight is 668 g/mol. The highest BCUT2D eigenvalue weighted by Gasteiger charge is 2.57. The maximum Gasteiger partial charge on any atom is 0.410 e. The molecular formula is C43H73NO4. The predicted octanol–water partition coefficient (Wildman–Crippen LogP) is 11.9. The molecule has 2 fully saturated rings. The Kier molecular flexibility index (Phi) is 13.1. The minimum absolute atomic E-state index is 0.0834. The minimum atomic E-state index is -0.431. The van der Waals surface area contributed by atoms with Gasteiger partial charge < -0.3 is 19.1 Å². The summed E-state index contributed by atoms with van der Waals surface area (Å²) in [5, 5.41) is 0. The lowest BCUT2D eigenvalue weighted by Crippen LogP contribution is -2.48. The number of fused-ring (bicyclic) bond motifs is 5. The van der Waals surface area contributed by atoms with Crippen LogP contribution in [0.3, 0.4) is 0 Å². The van der Waals surface area contributed by atoms with Crippen molar-refractivity contribution in [2.75, 3.05) is 13.6 Å². The average Bonchev–Trinajstić information content (AvgIpc) is 3.28. The zero-order chi connectivity index (χ0) is 35.3. The number of ether oxygens (including phenoxy) is 3. The van der Waals surface area contributed by atoms with Gasteiger partial charge in [-0.3, -0.25) is 0 Å². The monoisotopic (exact) mass is 668 g/mol. The molecule has 48 heavy (non-hydrogen) atoms. The van der Waals surface area contributed by atoms with E-state index in [0.29, 0.717) is 17.4 Å². The molecule has 4 rings (SSSR count). The Morgan fingerprint density at radius 1 is 0.812 bits per heavy atom. The molecule has 1 amide bonds. The summed E-state index contributed by atoms with van der Waals surface area (Å²) >= 11 is 0. The van der Waals surface area contributed by atoms with Gasteiger partial charge in [-0.05, 0) is 160 Å². The first-order valence-electron chi connectivity index (χ1n) is 19.8. The molecule has 0 unspecified atom stereocenters. The molecule has 0 saturated heterocycles. The molecule has 3 aliphatic carbocycles. The highest BCUT2D eigenvalue weighted by atomic mass is 16.6. The maximum atomic E-state index is 12.1. The second-order valence-corrected chi connectivity index (χ2v) is 19.0. The lowest BCUT2D eigenvalue weighted by molar-refractivity contribution is -0.129. The summed E-state index contributed by atoms with van der Waals surface area (Å²) < 4.78 is 18.6. The Labute approximate surface area is 295 Å². The number of unbranched alkanes of at least 4 members (excludes halogenated alkanes) is 8. The van der Waals surface area contributed by atoms with Crippen molar-refractivity contribution in [3.05, 3.63) is 29.3 Å². The van der Waals surface area contributed by atoms with Gasteiger partial charge in [-0.2, -0.15) is 0 Å². The Bertz CT molecular complexity index is 1170. The number of carbonyl (C=O) groups excluding carboxylic acids is 1. The van der Waals surface area contributed by atoms with Crippen molar-refractivity contribution in [2.45, 2.75) is 194 Å². The summed E-state index contributed by atoms with van der Waals surface area (Å²) in [6, 6.07) is 7.08. The molecule has 0 heterocycles. The van der Waals surface area contributed by atoms with Gasteiger partial charge in [0, 0.05) is 13.6 Å². The van der Waals surface area contributed by atoms with E-state index in [0.717, 1.165) is 36.5 Å². The normalized spacial score (nSPS) is 27.2. The second kappa shape index (κ2) is 16.1. The van der Waals surface area contributed by atoms with E-state index >= 15 is 0 Å². The molecule has 1 aromatic rings. The smallest absolute Gasteiger partial charge is 0.410 e. The lowest BCUT2D eigenvalue weighted by atomic mass is 9.52. The van der Waals surface area contributed by atoms with Crippen molar-refractivity contribution in [1.29, 1.82) is 0 Å². The predicted molar refractivity (Wildman–Crippen MR) is 200 cm³/mol. The maximum absolute atomic E-state index is 12.1. The van der Waals surface area contributed by atoms with E-state index in [-0.39, 0.29) is 17.3 Å². The van der Waals surface area contributed by atoms with Gasteiger partial charge in [-0.25, -0.2) is 4.79 Å². The van der Waals surface area contributed by atoms with E-state index in [4.69, 9.17) is 14.2 Å². The van der Waals surface area contributed by atoms with E-state index in [1.165, 1.54) is 89.9 Å². The Morgan fingerprint density at radius 3 is 2.04 bits per heavy atom. The fourth-order valence-electron chi connectivity index (χ4n) is 9.46. The largest absolute Gasteiger partial charge is 0.488 e. The van der Waals surface area contributed by atoms with Gasteiger partial charge in [-0.1, -0.05) is 64.4 Å². The van der Waals surface area contributed by atoms with Gasteiger partial charge in [0.2, 0.25) is 0 Å². The van der Waals surface area contributed by atoms with E-state index in [1.54, 1.807) is 16.0 Å². The number of hydrogen-bond acceptors (Lipinski definition) is 4. The van der Waals surface area contributed by atoms with Gasteiger partial charge in [0.25, 0.3) is 0 Å². The Hall–Kier alpha value is -1.75. The summed E-state index contributed by atoms with van der Waals surface area (Å²) in [5.41, 5.74) is 2.78. The van der Waals surface area contributed by atoms with Crippen molar-refractivity contribution in [2.24, 2.45) is 23.2 Å². The second-order valence-electron chi connectivity index (χ2n) is 19.0. The molecule has 0 spiro atoms. The summed E-state index contributed by atoms with van der Waals surface area (Å²) in [7, 11) is 1.85. The summed E-state index contributed by atoms with van der Waals surface area (Å²) in [6.45, 7) is 22.3. The molecule has 0 N–H and O–H groups in total. The van der Waals surface area contributed by atoms with Crippen LogP contribution in [0.5, 0.6) is 5.75 Å². The van der Waals surface area contributed by atoms with Crippen LogP contribution < -0.4 is 4.74 Å². The Balaban J connectivity index is 1.27. The van der Waals surface area contributed by atoms with Crippen LogP contribution in [0.2, 0.25) is 0 Å². The standard InChI is InChI=1S/C43H73NO4/c1-40(2,3)46-33-22-23-34-32(30-33)29-31(38-35(34)26-27-43(10)36(38)24-25-37(43)47-41(4,5)6)21-19-17-15-13-12-14-16-18-20-28-44(11)39(45)48-42(7,8)9/h22-23,30-31,35-38H,12-21,24-29H2,1-11H3/t31-,35-,36+,37+,38-,43+/m1/s1. The SMILES string of the molecule is CN(CCCCCCCCCCC[C@@H]1Cc2cc(OC(C)(C)C)ccc2[C@H]2CC[C@]3(C)[C@@H](OC(C)(C)C)CC[C@H]3[C@H]12)C(=O)OC(C)(C)C. The fraction of sp³-hybridized carbons (Fsp3) is 0.837. The summed E-state index contributed by atoms with van der Waals surface area (Å²) in [6.07, 6.45) is 19.4. The van der Waals surface area contributed by atoms with Crippen LogP contribution in [0.1, 0.15) is 176 Å². The number of rotatable bonds is 14. The van der Waals surface area contributed by atoms with Gasteiger partial charge in [0.05, 0.1) is 11.7 Å². The molecule has 0 radical (unpaired) electrons. The molecule has 0 aromatic heterocycles. The number of amides is 1.